The average Bonchev–Trinajstić information content (AvgIpc) is 2.87. The Bertz CT molecular complexity index is 371. The molecule has 4 nitrogen and oxygen atoms in total. The Labute approximate surface area is 132 Å². The van der Waals surface area contributed by atoms with Crippen LogP contribution < -0.4 is 5.32 Å². The van der Waals surface area contributed by atoms with Crippen LogP contribution in [0.5, 0.6) is 0 Å². The van der Waals surface area contributed by atoms with Crippen LogP contribution in [0.25, 0.3) is 0 Å². The van der Waals surface area contributed by atoms with Crippen molar-refractivity contribution in [3.8, 4) is 0 Å². The first-order valence-corrected chi connectivity index (χ1v) is 8.89. The minimum absolute atomic E-state index is 0.395. The van der Waals surface area contributed by atoms with Gasteiger partial charge in [-0.1, -0.05) is 26.2 Å². The maximum Gasteiger partial charge on any atom is 0.0897 e. The highest BCUT2D eigenvalue weighted by Gasteiger charge is 2.08. The maximum atomic E-state index is 9.88. The van der Waals surface area contributed by atoms with E-state index in [0.717, 1.165) is 12.1 Å². The fourth-order valence-electron chi connectivity index (χ4n) is 2.15. The molecule has 0 bridgehead atoms. The predicted octanol–water partition coefficient (Wildman–Crippen LogP) is 2.93. The van der Waals surface area contributed by atoms with Crippen molar-refractivity contribution < 1.29 is 9.84 Å². The molecule has 0 saturated carbocycles. The van der Waals surface area contributed by atoms with E-state index in [9.17, 15) is 5.11 Å². The van der Waals surface area contributed by atoms with Crippen molar-refractivity contribution in [2.75, 3.05) is 19.8 Å². The quantitative estimate of drug-likeness (QED) is 0.583. The van der Waals surface area contributed by atoms with Crippen LogP contribution in [-0.4, -0.2) is 42.0 Å². The minimum Gasteiger partial charge on any atom is -0.389 e. The number of aromatic nitrogens is 1. The third kappa shape index (κ3) is 8.51. The van der Waals surface area contributed by atoms with Gasteiger partial charge in [-0.25, -0.2) is 4.98 Å². The zero-order valence-electron chi connectivity index (χ0n) is 13.6. The molecule has 0 aliphatic heterocycles. The largest absolute Gasteiger partial charge is 0.389 e. The maximum absolute atomic E-state index is 9.88. The summed E-state index contributed by atoms with van der Waals surface area (Å²) in [7, 11) is 0. The van der Waals surface area contributed by atoms with Gasteiger partial charge in [-0.15, -0.1) is 11.3 Å². The van der Waals surface area contributed by atoms with Crippen LogP contribution in [0.15, 0.2) is 5.51 Å². The van der Waals surface area contributed by atoms with Crippen LogP contribution in [-0.2, 0) is 11.2 Å². The molecule has 21 heavy (non-hydrogen) atoms. The van der Waals surface area contributed by atoms with E-state index in [4.69, 9.17) is 4.74 Å². The van der Waals surface area contributed by atoms with Gasteiger partial charge in [0.25, 0.3) is 0 Å². The Morgan fingerprint density at radius 3 is 2.90 bits per heavy atom. The molecule has 0 aliphatic rings. The number of aliphatic hydroxyl groups excluding tert-OH is 1. The van der Waals surface area contributed by atoms with E-state index in [1.807, 2.05) is 12.4 Å². The first kappa shape index (κ1) is 18.6. The van der Waals surface area contributed by atoms with Crippen molar-refractivity contribution in [2.45, 2.75) is 65.0 Å². The molecular weight excluding hydrogens is 284 g/mol. The number of hydrogen-bond acceptors (Lipinski definition) is 5. The van der Waals surface area contributed by atoms with Gasteiger partial charge in [-0.3, -0.25) is 0 Å². The van der Waals surface area contributed by atoms with Gasteiger partial charge in [0.1, 0.15) is 0 Å². The van der Waals surface area contributed by atoms with Crippen molar-refractivity contribution >= 4 is 11.3 Å². The van der Waals surface area contributed by atoms with Gasteiger partial charge in [0.15, 0.2) is 0 Å². The molecule has 0 amide bonds. The van der Waals surface area contributed by atoms with E-state index in [1.165, 1.54) is 30.6 Å². The molecule has 0 fully saturated rings. The Morgan fingerprint density at radius 2 is 2.24 bits per heavy atom. The van der Waals surface area contributed by atoms with E-state index < -0.39 is 6.10 Å². The summed E-state index contributed by atoms with van der Waals surface area (Å²) < 4.78 is 5.54. The van der Waals surface area contributed by atoms with E-state index >= 15 is 0 Å². The molecule has 1 rings (SSSR count). The van der Waals surface area contributed by atoms with Gasteiger partial charge in [-0.05, 0) is 20.3 Å². The zero-order chi connectivity index (χ0) is 15.5. The first-order valence-electron chi connectivity index (χ1n) is 8.01. The lowest BCUT2D eigenvalue weighted by atomic mass is 10.1. The molecule has 1 aromatic heterocycles. The van der Waals surface area contributed by atoms with Crippen LogP contribution in [0, 0.1) is 6.92 Å². The third-order valence-corrected chi connectivity index (χ3v) is 4.57. The molecule has 122 valence electrons. The average molecular weight is 314 g/mol. The van der Waals surface area contributed by atoms with Gasteiger partial charge in [0.2, 0.25) is 0 Å². The number of unbranched alkanes of at least 4 members (excludes halogenated alkanes) is 2. The molecule has 0 aromatic carbocycles. The van der Waals surface area contributed by atoms with Crippen molar-refractivity contribution in [1.29, 1.82) is 0 Å². The lowest BCUT2D eigenvalue weighted by Crippen LogP contribution is -2.36. The summed E-state index contributed by atoms with van der Waals surface area (Å²) in [6.07, 6.45) is 5.42. The highest BCUT2D eigenvalue weighted by Crippen LogP contribution is 2.12. The van der Waals surface area contributed by atoms with Gasteiger partial charge in [-0.2, -0.15) is 0 Å². The molecule has 5 heteroatoms. The topological polar surface area (TPSA) is 54.4 Å². The fraction of sp³-hybridized carbons (Fsp3) is 0.812. The van der Waals surface area contributed by atoms with E-state index in [1.54, 1.807) is 11.3 Å². The lowest BCUT2D eigenvalue weighted by molar-refractivity contribution is 0.0372. The summed E-state index contributed by atoms with van der Waals surface area (Å²) in [4.78, 5) is 5.48. The first-order chi connectivity index (χ1) is 10.1. The number of nitrogens with one attached hydrogen (secondary N) is 1. The standard InChI is InChI=1S/C16H30N2O2S/c1-4-5-6-7-13(2)17-10-15(19)11-20-9-8-16-14(3)18-12-21-16/h12-13,15,17,19H,4-11H2,1-3H3. The summed E-state index contributed by atoms with van der Waals surface area (Å²) in [6, 6.07) is 0.464. The van der Waals surface area contributed by atoms with Crippen LogP contribution in [0.2, 0.25) is 0 Å². The van der Waals surface area contributed by atoms with E-state index in [0.29, 0.717) is 25.8 Å². The van der Waals surface area contributed by atoms with Gasteiger partial charge in [0, 0.05) is 23.9 Å². The summed E-state index contributed by atoms with van der Waals surface area (Å²) >= 11 is 1.67. The van der Waals surface area contributed by atoms with Gasteiger partial charge >= 0.3 is 0 Å². The number of aryl methyl sites for hydroxylation is 1. The Morgan fingerprint density at radius 1 is 1.43 bits per heavy atom. The Balaban J connectivity index is 2.00. The normalized spacial score (nSPS) is 14.3. The van der Waals surface area contributed by atoms with Crippen molar-refractivity contribution in [1.82, 2.24) is 10.3 Å². The lowest BCUT2D eigenvalue weighted by Gasteiger charge is -2.17. The predicted molar refractivity (Wildman–Crippen MR) is 89.0 cm³/mol. The number of nitrogens with zero attached hydrogens (tertiary/aromatic N) is 1. The summed E-state index contributed by atoms with van der Waals surface area (Å²) in [5.74, 6) is 0. The molecular formula is C16H30N2O2S. The van der Waals surface area contributed by atoms with Gasteiger partial charge in [0.05, 0.1) is 30.5 Å². The number of thiazole rings is 1. The van der Waals surface area contributed by atoms with Crippen LogP contribution in [0.1, 0.15) is 50.1 Å². The monoisotopic (exact) mass is 314 g/mol. The second-order valence-electron chi connectivity index (χ2n) is 5.64. The fourth-order valence-corrected chi connectivity index (χ4v) is 2.91. The number of hydrogen-bond donors (Lipinski definition) is 2. The Kier molecular flexibility index (Phi) is 9.83. The number of ether oxygens (including phenoxy) is 1. The molecule has 0 aliphatic carbocycles. The molecule has 0 spiro atoms. The number of rotatable bonds is 12. The molecule has 1 aromatic rings. The second-order valence-corrected chi connectivity index (χ2v) is 6.58. The SMILES string of the molecule is CCCCCC(C)NCC(O)COCCc1scnc1C. The number of aliphatic hydroxyl groups is 1. The summed E-state index contributed by atoms with van der Waals surface area (Å²) in [5.41, 5.74) is 2.95. The van der Waals surface area contributed by atoms with E-state index in [-0.39, 0.29) is 0 Å². The smallest absolute Gasteiger partial charge is 0.0897 e. The molecule has 1 heterocycles. The third-order valence-electron chi connectivity index (χ3n) is 3.57. The highest BCUT2D eigenvalue weighted by atomic mass is 32.1. The Hall–Kier alpha value is -0.490. The van der Waals surface area contributed by atoms with E-state index in [2.05, 4.69) is 24.1 Å². The summed E-state index contributed by atoms with van der Waals surface area (Å²) in [6.45, 7) is 8.05. The molecule has 0 radical (unpaired) electrons. The minimum atomic E-state index is -0.429. The van der Waals surface area contributed by atoms with Crippen molar-refractivity contribution in [2.24, 2.45) is 0 Å². The van der Waals surface area contributed by atoms with Gasteiger partial charge < -0.3 is 15.2 Å². The molecule has 2 atom stereocenters. The van der Waals surface area contributed by atoms with Crippen LogP contribution >= 0.6 is 11.3 Å². The van der Waals surface area contributed by atoms with Crippen molar-refractivity contribution in [3.05, 3.63) is 16.1 Å². The van der Waals surface area contributed by atoms with Crippen molar-refractivity contribution in [3.63, 3.8) is 0 Å². The molecule has 2 unspecified atom stereocenters. The molecule has 0 saturated heterocycles. The highest BCUT2D eigenvalue weighted by molar-refractivity contribution is 7.09. The summed E-state index contributed by atoms with van der Waals surface area (Å²) in [5, 5.41) is 13.3. The second kappa shape index (κ2) is 11.1. The molecule has 2 N–H and O–H groups in total. The van der Waals surface area contributed by atoms with Crippen LogP contribution in [0.4, 0.5) is 0 Å². The zero-order valence-corrected chi connectivity index (χ0v) is 14.4. The van der Waals surface area contributed by atoms with Crippen LogP contribution in [0.3, 0.4) is 0 Å².